The van der Waals surface area contributed by atoms with Gasteiger partial charge in [-0.2, -0.15) is 9.29 Å². The Labute approximate surface area is 164 Å². The highest BCUT2D eigenvalue weighted by Crippen LogP contribution is 2.30. The summed E-state index contributed by atoms with van der Waals surface area (Å²) in [5.41, 5.74) is 0.820. The second-order valence-electron chi connectivity index (χ2n) is 6.70. The second kappa shape index (κ2) is 7.73. The number of methoxy groups -OCH3 is 1. The lowest BCUT2D eigenvalue weighted by atomic mass is 10.00. The van der Waals surface area contributed by atoms with Crippen molar-refractivity contribution in [3.63, 3.8) is 0 Å². The van der Waals surface area contributed by atoms with Gasteiger partial charge in [0.2, 0.25) is 21.7 Å². The lowest BCUT2D eigenvalue weighted by molar-refractivity contribution is 0.265. The fraction of sp³-hybridized carbons (Fsp3) is 0.300. The Hall–Kier alpha value is -2.71. The first kappa shape index (κ1) is 18.6. The Morgan fingerprint density at radius 2 is 1.86 bits per heavy atom. The van der Waals surface area contributed by atoms with Gasteiger partial charge in [0.25, 0.3) is 0 Å². The zero-order chi connectivity index (χ0) is 19.6. The number of piperidine rings is 1. The van der Waals surface area contributed by atoms with E-state index in [1.807, 2.05) is 24.3 Å². The molecule has 0 saturated carbocycles. The number of nitrogens with zero attached hydrogens (tertiary/aromatic N) is 3. The molecule has 1 atom stereocenters. The van der Waals surface area contributed by atoms with Gasteiger partial charge in [0.15, 0.2) is 0 Å². The highest BCUT2D eigenvalue weighted by Gasteiger charge is 2.33. The van der Waals surface area contributed by atoms with Gasteiger partial charge in [0.05, 0.1) is 17.9 Å². The topological polar surface area (TPSA) is 85.5 Å². The number of ether oxygens (including phenoxy) is 1. The van der Waals surface area contributed by atoms with Crippen LogP contribution in [0, 0.1) is 0 Å². The summed E-state index contributed by atoms with van der Waals surface area (Å²) in [7, 11) is -1.92. The van der Waals surface area contributed by atoms with E-state index >= 15 is 0 Å². The molecule has 0 radical (unpaired) electrons. The van der Waals surface area contributed by atoms with Crippen molar-refractivity contribution in [1.82, 2.24) is 14.4 Å². The minimum absolute atomic E-state index is 0.119. The molecule has 0 spiro atoms. The molecular weight excluding hydrogens is 378 g/mol. The number of aromatic nitrogens is 2. The second-order valence-corrected chi connectivity index (χ2v) is 8.64. The summed E-state index contributed by atoms with van der Waals surface area (Å²) in [6.07, 6.45) is 1.56. The highest BCUT2D eigenvalue weighted by molar-refractivity contribution is 7.89. The molecule has 1 aliphatic rings. The highest BCUT2D eigenvalue weighted by atomic mass is 32.2. The summed E-state index contributed by atoms with van der Waals surface area (Å²) >= 11 is 0. The van der Waals surface area contributed by atoms with Crippen LogP contribution in [0.3, 0.4) is 0 Å². The number of rotatable bonds is 5. The van der Waals surface area contributed by atoms with E-state index in [9.17, 15) is 8.42 Å². The normalized spacial score (nSPS) is 18.1. The zero-order valence-electron chi connectivity index (χ0n) is 15.5. The zero-order valence-corrected chi connectivity index (χ0v) is 16.3. The Morgan fingerprint density at radius 3 is 2.57 bits per heavy atom. The summed E-state index contributed by atoms with van der Waals surface area (Å²) in [6, 6.07) is 15.9. The molecule has 28 heavy (non-hydrogen) atoms. The Kier molecular flexibility index (Phi) is 5.15. The van der Waals surface area contributed by atoms with Crippen LogP contribution in [0.2, 0.25) is 0 Å². The first-order chi connectivity index (χ1) is 13.6. The fourth-order valence-electron chi connectivity index (χ4n) is 3.36. The molecule has 3 aromatic rings. The molecule has 0 amide bonds. The number of hydrogen-bond donors (Lipinski definition) is 0. The monoisotopic (exact) mass is 399 g/mol. The average Bonchev–Trinajstić information content (AvgIpc) is 3.25. The largest absolute Gasteiger partial charge is 0.497 e. The maximum absolute atomic E-state index is 12.9. The molecular formula is C20H21N3O4S. The van der Waals surface area contributed by atoms with E-state index in [1.54, 1.807) is 37.4 Å². The van der Waals surface area contributed by atoms with Crippen LogP contribution in [-0.4, -0.2) is 43.1 Å². The molecule has 1 saturated heterocycles. The molecule has 8 heteroatoms. The van der Waals surface area contributed by atoms with Crippen molar-refractivity contribution in [1.29, 1.82) is 0 Å². The van der Waals surface area contributed by atoms with Gasteiger partial charge in [0, 0.05) is 18.7 Å². The van der Waals surface area contributed by atoms with Crippen molar-refractivity contribution in [2.24, 2.45) is 0 Å². The quantitative estimate of drug-likeness (QED) is 0.654. The molecule has 0 bridgehead atoms. The van der Waals surface area contributed by atoms with E-state index in [-0.39, 0.29) is 5.92 Å². The molecule has 1 aromatic heterocycles. The van der Waals surface area contributed by atoms with Crippen LogP contribution in [0.4, 0.5) is 0 Å². The van der Waals surface area contributed by atoms with E-state index in [2.05, 4.69) is 10.1 Å². The van der Waals surface area contributed by atoms with Crippen molar-refractivity contribution in [2.75, 3.05) is 20.2 Å². The standard InChI is InChI=1S/C20H21N3O4S/c1-26-17-11-9-15(10-12-17)19-21-20(27-22-19)16-6-5-13-23(14-16)28(24,25)18-7-3-2-4-8-18/h2-4,7-12,16H,5-6,13-14H2,1H3/t16-/m1/s1. The van der Waals surface area contributed by atoms with Crippen molar-refractivity contribution in [3.8, 4) is 17.1 Å². The summed E-state index contributed by atoms with van der Waals surface area (Å²) in [5.74, 6) is 1.59. The Morgan fingerprint density at radius 1 is 1.11 bits per heavy atom. The lowest BCUT2D eigenvalue weighted by Crippen LogP contribution is -2.39. The van der Waals surface area contributed by atoms with Crippen LogP contribution in [0.5, 0.6) is 5.75 Å². The van der Waals surface area contributed by atoms with E-state index in [0.29, 0.717) is 29.7 Å². The van der Waals surface area contributed by atoms with Crippen molar-refractivity contribution >= 4 is 10.0 Å². The molecule has 0 aliphatic carbocycles. The van der Waals surface area contributed by atoms with E-state index in [0.717, 1.165) is 24.2 Å². The average molecular weight is 399 g/mol. The third kappa shape index (κ3) is 3.65. The van der Waals surface area contributed by atoms with E-state index < -0.39 is 10.0 Å². The van der Waals surface area contributed by atoms with Crippen molar-refractivity contribution in [2.45, 2.75) is 23.7 Å². The molecule has 1 fully saturated rings. The summed E-state index contributed by atoms with van der Waals surface area (Å²) in [5, 5.41) is 4.07. The van der Waals surface area contributed by atoms with Gasteiger partial charge in [-0.25, -0.2) is 8.42 Å². The summed E-state index contributed by atoms with van der Waals surface area (Å²) in [4.78, 5) is 4.81. The number of benzene rings is 2. The molecule has 0 unspecified atom stereocenters. The SMILES string of the molecule is COc1ccc(-c2noc([C@@H]3CCCN(S(=O)(=O)c4ccccc4)C3)n2)cc1. The van der Waals surface area contributed by atoms with Gasteiger partial charge >= 0.3 is 0 Å². The van der Waals surface area contributed by atoms with Gasteiger partial charge in [0.1, 0.15) is 5.75 Å². The Balaban J connectivity index is 1.53. The van der Waals surface area contributed by atoms with Gasteiger partial charge in [-0.1, -0.05) is 23.4 Å². The maximum Gasteiger partial charge on any atom is 0.243 e. The van der Waals surface area contributed by atoms with Crippen LogP contribution in [0.1, 0.15) is 24.7 Å². The summed E-state index contributed by atoms with van der Waals surface area (Å²) in [6.45, 7) is 0.828. The van der Waals surface area contributed by atoms with Crippen LogP contribution < -0.4 is 4.74 Å². The van der Waals surface area contributed by atoms with E-state index in [1.165, 1.54) is 4.31 Å². The third-order valence-corrected chi connectivity index (χ3v) is 6.78. The number of hydrogen-bond acceptors (Lipinski definition) is 6. The lowest BCUT2D eigenvalue weighted by Gasteiger charge is -2.30. The van der Waals surface area contributed by atoms with Gasteiger partial charge in [-0.3, -0.25) is 0 Å². The van der Waals surface area contributed by atoms with Gasteiger partial charge in [-0.15, -0.1) is 0 Å². The predicted octanol–water partition coefficient (Wildman–Crippen LogP) is 3.31. The molecule has 4 rings (SSSR count). The van der Waals surface area contributed by atoms with Gasteiger partial charge < -0.3 is 9.26 Å². The first-order valence-electron chi connectivity index (χ1n) is 9.11. The van der Waals surface area contributed by atoms with Crippen molar-refractivity contribution in [3.05, 3.63) is 60.5 Å². The minimum Gasteiger partial charge on any atom is -0.497 e. The Bertz CT molecular complexity index is 1030. The summed E-state index contributed by atoms with van der Waals surface area (Å²) < 4.78 is 37.9. The molecule has 7 nitrogen and oxygen atoms in total. The fourth-order valence-corrected chi connectivity index (χ4v) is 4.91. The van der Waals surface area contributed by atoms with Crippen molar-refractivity contribution < 1.29 is 17.7 Å². The van der Waals surface area contributed by atoms with Crippen LogP contribution in [-0.2, 0) is 10.0 Å². The maximum atomic E-state index is 12.9. The van der Waals surface area contributed by atoms with Crippen LogP contribution in [0.25, 0.3) is 11.4 Å². The molecule has 1 aliphatic heterocycles. The van der Waals surface area contributed by atoms with Gasteiger partial charge in [-0.05, 0) is 49.2 Å². The molecule has 2 aromatic carbocycles. The third-order valence-electron chi connectivity index (χ3n) is 4.90. The molecule has 146 valence electrons. The molecule has 0 N–H and O–H groups in total. The van der Waals surface area contributed by atoms with E-state index in [4.69, 9.17) is 9.26 Å². The minimum atomic E-state index is -3.53. The van der Waals surface area contributed by atoms with Crippen LogP contribution in [0.15, 0.2) is 64.0 Å². The smallest absolute Gasteiger partial charge is 0.243 e. The molecule has 2 heterocycles. The first-order valence-corrected chi connectivity index (χ1v) is 10.5. The number of sulfonamides is 1. The predicted molar refractivity (Wildman–Crippen MR) is 103 cm³/mol. The van der Waals surface area contributed by atoms with Crippen LogP contribution >= 0.6 is 0 Å².